The number of fused-ring (bicyclic) bond motifs is 10. The Labute approximate surface area is 868 Å². The number of hydrogen-bond donors (Lipinski definition) is 25. The summed E-state index contributed by atoms with van der Waals surface area (Å²) in [5.41, 5.74) is 12.6. The summed E-state index contributed by atoms with van der Waals surface area (Å²) in [6, 6.07) is -3.79. The van der Waals surface area contributed by atoms with E-state index in [1.54, 1.807) is 48.5 Å². The van der Waals surface area contributed by atoms with Crippen LogP contribution in [0.4, 0.5) is 0 Å². The Morgan fingerprint density at radius 3 is 1.33 bits per heavy atom. The maximum atomic E-state index is 15.2. The molecule has 2 aliphatic heterocycles. The molecule has 2 aliphatic rings. The minimum Gasteiger partial charge on any atom is -0.508 e. The van der Waals surface area contributed by atoms with Crippen molar-refractivity contribution in [3.05, 3.63) is 145 Å². The number of rotatable bonds is 22. The van der Waals surface area contributed by atoms with Gasteiger partial charge in [0.1, 0.15) is 90.3 Å². The number of carboxylic acids is 3. The second-order valence-corrected chi connectivity index (χ2v) is 39.3. The van der Waals surface area contributed by atoms with Gasteiger partial charge in [-0.1, -0.05) is 106 Å². The van der Waals surface area contributed by atoms with Crippen LogP contribution in [-0.4, -0.2) is 320 Å². The molecule has 16 atom stereocenters. The summed E-state index contributed by atoms with van der Waals surface area (Å²) in [7, 11) is 0. The van der Waals surface area contributed by atoms with Gasteiger partial charge in [0, 0.05) is 82.2 Å². The molecule has 0 saturated carbocycles. The number of benzene rings is 4. The van der Waals surface area contributed by atoms with E-state index in [1.807, 2.05) is 0 Å². The highest BCUT2D eigenvalue weighted by Gasteiger charge is 2.42. The van der Waals surface area contributed by atoms with E-state index in [0.717, 1.165) is 13.8 Å². The average molecular weight is 2160 g/mol. The number of carbonyl (C=O) groups is 22. The number of primary amides is 2. The fourth-order valence-corrected chi connectivity index (χ4v) is 17.5. The van der Waals surface area contributed by atoms with Crippen molar-refractivity contribution >= 4 is 176 Å². The van der Waals surface area contributed by atoms with E-state index in [9.17, 15) is 126 Å². The lowest BCUT2D eigenvalue weighted by atomic mass is 9.85. The van der Waals surface area contributed by atoms with E-state index in [1.165, 1.54) is 83.1 Å². The Balaban J connectivity index is 1.37. The predicted octanol–water partition coefficient (Wildman–Crippen LogP) is -8.61. The highest BCUT2D eigenvalue weighted by Crippen LogP contribution is 2.24. The zero-order valence-corrected chi connectivity index (χ0v) is 85.1. The maximum absolute atomic E-state index is 15.2. The Bertz CT molecular complexity index is 5960. The molecule has 7 rings (SSSR count). The lowest BCUT2D eigenvalue weighted by Gasteiger charge is -2.33. The average Bonchev–Trinajstić information content (AvgIpc) is 0.779. The number of aromatic hydroxyl groups is 1. The quantitative estimate of drug-likeness (QED) is 0.0226. The van der Waals surface area contributed by atoms with E-state index in [-0.39, 0.29) is 23.3 Å². The second-order valence-electron chi connectivity index (χ2n) is 36.2. The van der Waals surface area contributed by atoms with Crippen molar-refractivity contribution in [2.75, 3.05) is 54.2 Å². The second kappa shape index (κ2) is 59.0. The monoisotopic (exact) mass is 2160 g/mol. The largest absolute Gasteiger partial charge is 0.508 e. The number of phenols is 1. The molecule has 54 nitrogen and oxygen atoms in total. The van der Waals surface area contributed by atoms with Crippen molar-refractivity contribution in [1.82, 2.24) is 104 Å². The van der Waals surface area contributed by atoms with Crippen molar-refractivity contribution < 1.29 is 136 Å². The Hall–Kier alpha value is -15.4. The van der Waals surface area contributed by atoms with Gasteiger partial charge >= 0.3 is 35.0 Å². The van der Waals surface area contributed by atoms with Crippen molar-refractivity contribution in [3.8, 4) is 5.75 Å². The molecule has 5 aromatic rings. The summed E-state index contributed by atoms with van der Waals surface area (Å²) in [6.07, 6.45) is -8.86. The lowest BCUT2D eigenvalue weighted by Crippen LogP contribution is -2.62. The van der Waals surface area contributed by atoms with Crippen LogP contribution in [0.3, 0.4) is 0 Å². The summed E-state index contributed by atoms with van der Waals surface area (Å²) in [4.78, 5) is 358. The molecule has 4 bridgehead atoms. The van der Waals surface area contributed by atoms with Crippen LogP contribution < -0.4 is 125 Å². The topological polar surface area (TPSA) is 834 Å². The van der Waals surface area contributed by atoms with Gasteiger partial charge in [-0.3, -0.25) is 111 Å². The number of aliphatic carboxylic acids is 3. The maximum Gasteiger partial charge on any atom is 0.336 e. The smallest absolute Gasteiger partial charge is 0.336 e. The number of aromatic nitrogens is 3. The van der Waals surface area contributed by atoms with E-state index in [4.69, 9.17) is 17.2 Å². The first-order valence-electron chi connectivity index (χ1n) is 47.1. The van der Waals surface area contributed by atoms with Gasteiger partial charge in [-0.2, -0.15) is 0 Å². The molecular weight excluding hydrogens is 2030 g/mol. The lowest BCUT2D eigenvalue weighted by molar-refractivity contribution is -0.275. The van der Waals surface area contributed by atoms with E-state index in [2.05, 4.69) is 95.3 Å². The molecule has 1 unspecified atom stereocenters. The molecule has 3 heterocycles. The van der Waals surface area contributed by atoms with E-state index < -0.39 is 381 Å². The summed E-state index contributed by atoms with van der Waals surface area (Å²) < 4.78 is 1.47. The van der Waals surface area contributed by atoms with Gasteiger partial charge in [-0.05, 0) is 92.0 Å². The Morgan fingerprint density at radius 1 is 0.433 bits per heavy atom. The number of carboxylic acid groups (broad SMARTS) is 3. The molecule has 816 valence electrons. The first-order valence-corrected chi connectivity index (χ1v) is 50.6. The molecule has 0 aliphatic carbocycles. The Kier molecular flexibility index (Phi) is 47.8. The standard InChI is InChI=1S/C93H125N23O31S3/c1-46(147-146)20-25-56-79(132)107-60(36-53-18-13-17-52-16-11-12-19-55(52)53)81(134)100-49(4)78(131)112-66-42-150-45-70(121)99-30-33-116-91(144)114(90(143)115(92(116)145)32-29-98-69(120)44-149-41-65(111-76(129)47(2)94)87(140)101-48(3)77(130)104-61(37-67(95)118)84(137)102-56)31-28-97-68(119)43-148-40-64(75(96)128)110-89(142)74(93(5,6)7)113-86(139)63(39-73(126)127)109-83(136)59(35-51-21-23-54(117)24-22-51)105-82(135)58(34-50-14-9-8-10-15-50)106-85(138)62(38-72(124)125)108-80(133)57(103-88(66)141)26-27-71(122)123/h8-19,21-24,46-49,56-66,74,117,146H,20,25-45,94H2,1-7H3,(H2,95,118)(H2,96,128)(H,97,119)(H,98,120)(H,99,121)(H,100,134)(H,101,140)(H,102,137)(H,103,141)(H,104,130)(H,105,135)(H,106,138)(H,107,132)(H,108,133)(H,109,136)(H,110,142)(H,111,129)(H,112,131)(H,113,139)(H,122,123)(H,124,125)(H,126,127)/t46?,47-,48+,49+,56-,57-,58-,59-,60-,61-,62-,63-,64-,65-,66-,74+/m0/s1. The van der Waals surface area contributed by atoms with E-state index >= 15 is 19.2 Å². The number of nitrogens with one attached hydrogen (secondary N) is 17. The third-order valence-electron chi connectivity index (χ3n) is 23.0. The van der Waals surface area contributed by atoms with Gasteiger partial charge in [0.2, 0.25) is 112 Å². The molecular formula is C93H125N23O31S3. The van der Waals surface area contributed by atoms with Crippen LogP contribution in [-0.2, 0) is 149 Å². The molecule has 1 aromatic heterocycles. The molecule has 0 radical (unpaired) electrons. The summed E-state index contributed by atoms with van der Waals surface area (Å²) in [6.45, 7) is 5.08. The normalized spacial score (nSPS) is 23.6. The van der Waals surface area contributed by atoms with Crippen LogP contribution in [0.5, 0.6) is 5.75 Å². The molecule has 0 saturated heterocycles. The molecule has 150 heavy (non-hydrogen) atoms. The zero-order valence-electron chi connectivity index (χ0n) is 82.7. The third-order valence-corrected chi connectivity index (χ3v) is 26.2. The van der Waals surface area contributed by atoms with Crippen LogP contribution in [0.2, 0.25) is 0 Å². The molecule has 4 aromatic carbocycles. The number of nitrogens with zero attached hydrogens (tertiary/aromatic N) is 3. The molecule has 28 N–H and O–H groups in total. The van der Waals surface area contributed by atoms with Crippen LogP contribution in [0.25, 0.3) is 10.8 Å². The van der Waals surface area contributed by atoms with Crippen LogP contribution in [0.15, 0.2) is 111 Å². The number of thioether (sulfide) groups is 3. The number of amides is 19. The minimum absolute atomic E-state index is 0.173. The first kappa shape index (κ1) is 122. The highest BCUT2D eigenvalue weighted by atomic mass is 32.2. The Morgan fingerprint density at radius 2 is 0.840 bits per heavy atom. The summed E-state index contributed by atoms with van der Waals surface area (Å²) in [5.74, 6) is -31.6. The SMILES string of the molecule is CC(CC[C@@H]1NC(=O)[C@H](CC(N)=O)NC(=O)[C@@H](C)NC(=O)[C@@H](NC(=O)[C@H](C)N)CSCC(=O)NCCn2c(=O)n3c(=O)n(c2=O)CCNC(=O)CSC[C@H](NC(=O)[C@@H](C)NC(=O)[C@H](Cc2cccc4ccccc24)NC1=O)C(=O)N[C@@H](CCC(=O)O)C(=O)N[C@@H](CC(=O)O)C(=O)N[C@@H](Cc1ccccc1)C(=O)N[C@@H](Cc1ccc(O)cc1)C(=O)N[C@@H](CC(=O)O)C(=O)N[C@@H](C(C)(C)C)C(=O)N[C@H](C(N)=O)CSCC(=O)NCC3)OO. The van der Waals surface area contributed by atoms with E-state index in [0.29, 0.717) is 65.3 Å². The summed E-state index contributed by atoms with van der Waals surface area (Å²) in [5, 5.41) is 92.5. The number of nitrogens with two attached hydrogens (primary N) is 3. The fraction of sp³-hybridized carbons (Fsp3) is 0.495. The van der Waals surface area contributed by atoms with Crippen LogP contribution in [0.1, 0.15) is 110 Å². The van der Waals surface area contributed by atoms with Gasteiger partial charge in [-0.15, -0.1) is 35.3 Å². The van der Waals surface area contributed by atoms with Gasteiger partial charge in [0.25, 0.3) is 0 Å². The molecule has 19 amide bonds. The first-order chi connectivity index (χ1) is 70.8. The number of carbonyl (C=O) groups excluding carboxylic acids is 19. The van der Waals surface area contributed by atoms with Gasteiger partial charge < -0.3 is 128 Å². The van der Waals surface area contributed by atoms with Gasteiger partial charge in [-0.25, -0.2) is 33.0 Å². The van der Waals surface area contributed by atoms with Crippen molar-refractivity contribution in [1.29, 1.82) is 0 Å². The minimum atomic E-state index is -2.32. The van der Waals surface area contributed by atoms with Gasteiger partial charge in [0.15, 0.2) is 0 Å². The highest BCUT2D eigenvalue weighted by molar-refractivity contribution is 8.00. The fourth-order valence-electron chi connectivity index (χ4n) is 14.9. The third kappa shape index (κ3) is 39.4. The van der Waals surface area contributed by atoms with Crippen LogP contribution in [0, 0.1) is 5.41 Å². The predicted molar refractivity (Wildman–Crippen MR) is 538 cm³/mol. The van der Waals surface area contributed by atoms with Crippen molar-refractivity contribution in [2.24, 2.45) is 22.6 Å². The van der Waals surface area contributed by atoms with Crippen molar-refractivity contribution in [2.45, 2.75) is 229 Å². The molecule has 57 heteroatoms. The van der Waals surface area contributed by atoms with Crippen LogP contribution >= 0.6 is 35.3 Å². The molecule has 0 spiro atoms. The summed E-state index contributed by atoms with van der Waals surface area (Å²) >= 11 is 1.96. The molecule has 0 fully saturated rings. The van der Waals surface area contributed by atoms with Crippen molar-refractivity contribution in [3.63, 3.8) is 0 Å². The zero-order chi connectivity index (χ0) is 111. The van der Waals surface area contributed by atoms with Gasteiger partial charge in [0.05, 0.1) is 48.7 Å². The number of phenolic OH excluding ortho intramolecular Hbond substituents is 1. The number of hydrogen-bond acceptors (Lipinski definition) is 32.